The number of fused-ring (bicyclic) bond motifs is 1. The Morgan fingerprint density at radius 1 is 1.31 bits per heavy atom. The molecule has 4 heteroatoms. The van der Waals surface area contributed by atoms with E-state index in [4.69, 9.17) is 9.47 Å². The molecule has 0 saturated carbocycles. The fraction of sp³-hybridized carbons (Fsp3) is 0.500. The van der Waals surface area contributed by atoms with Gasteiger partial charge >= 0.3 is 0 Å². The lowest BCUT2D eigenvalue weighted by Crippen LogP contribution is -2.31. The number of halogens is 1. The fourth-order valence-corrected chi connectivity index (χ4v) is 2.10. The molecule has 1 aromatic carbocycles. The highest BCUT2D eigenvalue weighted by Gasteiger charge is 2.23. The Balaban J connectivity index is 0.00000128. The molecular formula is C12H18ClNO2. The Kier molecular flexibility index (Phi) is 4.59. The summed E-state index contributed by atoms with van der Waals surface area (Å²) < 4.78 is 10.7. The Hall–Kier alpha value is -0.770. The highest BCUT2D eigenvalue weighted by Crippen LogP contribution is 2.30. The van der Waals surface area contributed by atoms with E-state index < -0.39 is 0 Å². The number of benzene rings is 1. The number of ether oxygens (including phenoxy) is 2. The minimum atomic E-state index is 0. The lowest BCUT2D eigenvalue weighted by atomic mass is 9.97. The van der Waals surface area contributed by atoms with Gasteiger partial charge in [0.25, 0.3) is 0 Å². The van der Waals surface area contributed by atoms with Gasteiger partial charge in [-0.3, -0.25) is 4.90 Å². The molecule has 1 aliphatic rings. The van der Waals surface area contributed by atoms with Gasteiger partial charge in [0.2, 0.25) is 0 Å². The second-order valence-corrected chi connectivity index (χ2v) is 3.99. The van der Waals surface area contributed by atoms with Crippen LogP contribution in [0.1, 0.15) is 17.2 Å². The van der Waals surface area contributed by atoms with Crippen LogP contribution in [0, 0.1) is 0 Å². The maximum absolute atomic E-state index is 5.48. The molecule has 0 fully saturated rings. The summed E-state index contributed by atoms with van der Waals surface area (Å²) in [7, 11) is 5.56. The maximum atomic E-state index is 5.48. The van der Waals surface area contributed by atoms with E-state index in [1.807, 2.05) is 6.07 Å². The second kappa shape index (κ2) is 5.53. The highest BCUT2D eigenvalue weighted by molar-refractivity contribution is 5.85. The van der Waals surface area contributed by atoms with E-state index in [-0.39, 0.29) is 18.5 Å². The van der Waals surface area contributed by atoms with E-state index in [0.29, 0.717) is 0 Å². The summed E-state index contributed by atoms with van der Waals surface area (Å²) in [6, 6.07) is 6.20. The number of hydrogen-bond donors (Lipinski definition) is 0. The van der Waals surface area contributed by atoms with E-state index >= 15 is 0 Å². The zero-order valence-corrected chi connectivity index (χ0v) is 10.7. The summed E-state index contributed by atoms with van der Waals surface area (Å²) in [6.07, 6.45) is 0.185. The molecule has 0 radical (unpaired) electrons. The summed E-state index contributed by atoms with van der Waals surface area (Å²) in [5.74, 6) is 0.916. The lowest BCUT2D eigenvalue weighted by Gasteiger charge is -2.31. The minimum Gasteiger partial charge on any atom is -0.497 e. The zero-order chi connectivity index (χ0) is 10.8. The van der Waals surface area contributed by atoms with Gasteiger partial charge in [-0.2, -0.15) is 0 Å². The predicted molar refractivity (Wildman–Crippen MR) is 66.3 cm³/mol. The van der Waals surface area contributed by atoms with Crippen molar-refractivity contribution >= 4 is 12.4 Å². The third-order valence-electron chi connectivity index (χ3n) is 2.90. The Labute approximate surface area is 103 Å². The lowest BCUT2D eigenvalue weighted by molar-refractivity contribution is 0.0577. The molecule has 90 valence electrons. The molecule has 0 aromatic heterocycles. The van der Waals surface area contributed by atoms with Crippen LogP contribution in [0.4, 0.5) is 0 Å². The highest BCUT2D eigenvalue weighted by atomic mass is 35.5. The van der Waals surface area contributed by atoms with Crippen molar-refractivity contribution in [3.8, 4) is 5.75 Å². The minimum absolute atomic E-state index is 0. The number of likely N-dealkylation sites (N-methyl/N-ethyl adjacent to an activating group) is 1. The molecule has 0 N–H and O–H groups in total. The van der Waals surface area contributed by atoms with Gasteiger partial charge in [0.1, 0.15) is 5.75 Å². The first-order chi connectivity index (χ1) is 7.24. The van der Waals surface area contributed by atoms with Crippen LogP contribution in [0.5, 0.6) is 5.75 Å². The molecule has 1 heterocycles. The van der Waals surface area contributed by atoms with Gasteiger partial charge in [-0.15, -0.1) is 12.4 Å². The second-order valence-electron chi connectivity index (χ2n) is 3.99. The Morgan fingerprint density at radius 2 is 2.06 bits per heavy atom. The monoisotopic (exact) mass is 243 g/mol. The SMILES string of the molecule is COc1ccc2c(c1)CN(C)CC2OC.Cl. The molecule has 0 saturated heterocycles. The summed E-state index contributed by atoms with van der Waals surface area (Å²) in [4.78, 5) is 2.26. The third kappa shape index (κ3) is 2.48. The van der Waals surface area contributed by atoms with Gasteiger partial charge < -0.3 is 9.47 Å². The van der Waals surface area contributed by atoms with Crippen molar-refractivity contribution in [2.75, 3.05) is 27.8 Å². The van der Waals surface area contributed by atoms with Crippen LogP contribution in [0.3, 0.4) is 0 Å². The largest absolute Gasteiger partial charge is 0.497 e. The molecule has 0 aliphatic carbocycles. The first-order valence-electron chi connectivity index (χ1n) is 5.12. The first kappa shape index (κ1) is 13.3. The summed E-state index contributed by atoms with van der Waals surface area (Å²) in [5, 5.41) is 0. The van der Waals surface area contributed by atoms with Crippen molar-refractivity contribution in [3.05, 3.63) is 29.3 Å². The summed E-state index contributed by atoms with van der Waals surface area (Å²) in [6.45, 7) is 1.92. The van der Waals surface area contributed by atoms with Crippen LogP contribution < -0.4 is 4.74 Å². The van der Waals surface area contributed by atoms with Crippen LogP contribution in [0.2, 0.25) is 0 Å². The average Bonchev–Trinajstić information content (AvgIpc) is 2.26. The summed E-state index contributed by atoms with van der Waals surface area (Å²) >= 11 is 0. The number of nitrogens with zero attached hydrogens (tertiary/aromatic N) is 1. The summed E-state index contributed by atoms with van der Waals surface area (Å²) in [5.41, 5.74) is 2.59. The van der Waals surface area contributed by atoms with Gasteiger partial charge in [0.05, 0.1) is 13.2 Å². The van der Waals surface area contributed by atoms with Crippen LogP contribution in [-0.2, 0) is 11.3 Å². The molecule has 16 heavy (non-hydrogen) atoms. The molecule has 2 rings (SSSR count). The molecule has 0 spiro atoms. The van der Waals surface area contributed by atoms with Crippen molar-refractivity contribution in [1.29, 1.82) is 0 Å². The van der Waals surface area contributed by atoms with Crippen molar-refractivity contribution in [2.24, 2.45) is 0 Å². The van der Waals surface area contributed by atoms with E-state index in [9.17, 15) is 0 Å². The first-order valence-corrected chi connectivity index (χ1v) is 5.12. The third-order valence-corrected chi connectivity index (χ3v) is 2.90. The molecule has 3 nitrogen and oxygen atoms in total. The van der Waals surface area contributed by atoms with Gasteiger partial charge in [0, 0.05) is 20.2 Å². The maximum Gasteiger partial charge on any atom is 0.119 e. The van der Waals surface area contributed by atoms with Crippen molar-refractivity contribution in [3.63, 3.8) is 0 Å². The van der Waals surface area contributed by atoms with Crippen molar-refractivity contribution in [2.45, 2.75) is 12.6 Å². The average molecular weight is 244 g/mol. The number of methoxy groups -OCH3 is 2. The van der Waals surface area contributed by atoms with Gasteiger partial charge in [-0.05, 0) is 30.3 Å². The molecule has 1 unspecified atom stereocenters. The van der Waals surface area contributed by atoms with Gasteiger partial charge in [-0.1, -0.05) is 6.07 Å². The van der Waals surface area contributed by atoms with Gasteiger partial charge in [-0.25, -0.2) is 0 Å². The van der Waals surface area contributed by atoms with E-state index in [2.05, 4.69) is 24.1 Å². The van der Waals surface area contributed by atoms with Crippen molar-refractivity contribution in [1.82, 2.24) is 4.90 Å². The van der Waals surface area contributed by atoms with Crippen LogP contribution in [0.15, 0.2) is 18.2 Å². The van der Waals surface area contributed by atoms with E-state index in [1.165, 1.54) is 11.1 Å². The smallest absolute Gasteiger partial charge is 0.119 e. The van der Waals surface area contributed by atoms with Crippen LogP contribution >= 0.6 is 12.4 Å². The van der Waals surface area contributed by atoms with Crippen molar-refractivity contribution < 1.29 is 9.47 Å². The molecule has 1 atom stereocenters. The van der Waals surface area contributed by atoms with Crippen LogP contribution in [-0.4, -0.2) is 32.7 Å². The standard InChI is InChI=1S/C12H17NO2.ClH/c1-13-7-9-6-10(14-2)4-5-11(9)12(8-13)15-3;/h4-6,12H,7-8H2,1-3H3;1H. The van der Waals surface area contributed by atoms with Gasteiger partial charge in [0.15, 0.2) is 0 Å². The molecule has 1 aliphatic heterocycles. The molecule has 1 aromatic rings. The fourth-order valence-electron chi connectivity index (χ4n) is 2.10. The number of hydrogen-bond acceptors (Lipinski definition) is 3. The molecule has 0 amide bonds. The predicted octanol–water partition coefficient (Wildman–Crippen LogP) is 2.25. The Morgan fingerprint density at radius 3 is 2.69 bits per heavy atom. The normalized spacial score (nSPS) is 19.8. The topological polar surface area (TPSA) is 21.7 Å². The zero-order valence-electron chi connectivity index (χ0n) is 9.90. The molecular weight excluding hydrogens is 226 g/mol. The molecule has 0 bridgehead atoms. The quantitative estimate of drug-likeness (QED) is 0.795. The van der Waals surface area contributed by atoms with E-state index in [0.717, 1.165) is 18.8 Å². The Bertz CT molecular complexity index is 357. The number of rotatable bonds is 2. The van der Waals surface area contributed by atoms with E-state index in [1.54, 1.807) is 14.2 Å². The van der Waals surface area contributed by atoms with Crippen LogP contribution in [0.25, 0.3) is 0 Å².